The highest BCUT2D eigenvalue weighted by molar-refractivity contribution is 5.75. The highest BCUT2D eigenvalue weighted by atomic mass is 19.4. The van der Waals surface area contributed by atoms with Crippen LogP contribution in [0.1, 0.15) is 11.3 Å². The average Bonchev–Trinajstić information content (AvgIpc) is 2.46. The molecule has 122 valence electrons. The summed E-state index contributed by atoms with van der Waals surface area (Å²) >= 11 is 0. The molecule has 2 aromatic rings. The minimum absolute atomic E-state index is 0.0110. The molecule has 1 aromatic carbocycles. The second-order valence-electron chi connectivity index (χ2n) is 5.10. The van der Waals surface area contributed by atoms with E-state index in [1.807, 2.05) is 0 Å². The Hall–Kier alpha value is -2.48. The monoisotopic (exact) mass is 324 g/mol. The summed E-state index contributed by atoms with van der Waals surface area (Å²) < 4.78 is 38.0. The Labute approximate surface area is 131 Å². The normalized spacial score (nSPS) is 11.7. The van der Waals surface area contributed by atoms with Crippen molar-refractivity contribution in [3.8, 4) is 11.4 Å². The quantitative estimate of drug-likeness (QED) is 0.914. The van der Waals surface area contributed by atoms with Crippen LogP contribution in [0, 0.1) is 0 Å². The molecule has 0 aliphatic carbocycles. The van der Waals surface area contributed by atoms with Gasteiger partial charge in [0.1, 0.15) is 5.69 Å². The summed E-state index contributed by atoms with van der Waals surface area (Å²) in [5, 5.41) is 0. The first-order chi connectivity index (χ1) is 10.8. The number of aromatic nitrogens is 2. The zero-order valence-electron chi connectivity index (χ0n) is 12.3. The van der Waals surface area contributed by atoms with Gasteiger partial charge < -0.3 is 5.73 Å². The van der Waals surface area contributed by atoms with Crippen molar-refractivity contribution in [3.05, 3.63) is 47.8 Å². The third kappa shape index (κ3) is 4.75. The van der Waals surface area contributed by atoms with Gasteiger partial charge >= 0.3 is 6.18 Å². The van der Waals surface area contributed by atoms with E-state index < -0.39 is 17.8 Å². The van der Waals surface area contributed by atoms with Crippen molar-refractivity contribution < 1.29 is 18.0 Å². The van der Waals surface area contributed by atoms with Crippen molar-refractivity contribution >= 4 is 5.91 Å². The van der Waals surface area contributed by atoms with E-state index in [2.05, 4.69) is 9.97 Å². The summed E-state index contributed by atoms with van der Waals surface area (Å²) in [4.78, 5) is 20.0. The van der Waals surface area contributed by atoms with E-state index in [1.54, 1.807) is 36.2 Å². The van der Waals surface area contributed by atoms with E-state index in [-0.39, 0.29) is 12.4 Å². The number of likely N-dealkylation sites (N-methyl/N-ethyl adjacent to an activating group) is 1. The lowest BCUT2D eigenvalue weighted by Gasteiger charge is -2.14. The summed E-state index contributed by atoms with van der Waals surface area (Å²) in [7, 11) is 1.74. The van der Waals surface area contributed by atoms with Gasteiger partial charge in [-0.25, -0.2) is 9.97 Å². The maximum Gasteiger partial charge on any atom is 0.433 e. The molecule has 0 aliphatic heterocycles. The summed E-state index contributed by atoms with van der Waals surface area (Å²) in [5.74, 6) is -0.418. The van der Waals surface area contributed by atoms with E-state index in [0.29, 0.717) is 12.1 Å². The van der Waals surface area contributed by atoms with Crippen LogP contribution in [-0.4, -0.2) is 34.4 Å². The standard InChI is InChI=1S/C15H15F3N4O/c1-22(9-13(19)23)8-10-2-4-11(5-3-10)14-20-7-6-12(21-14)15(16,17)18/h2-7H,8-9H2,1H3,(H2,19,23). The molecule has 0 fully saturated rings. The Morgan fingerprint density at radius 2 is 1.87 bits per heavy atom. The number of benzene rings is 1. The molecular weight excluding hydrogens is 309 g/mol. The predicted octanol–water partition coefficient (Wildman–Crippen LogP) is 2.08. The fourth-order valence-corrected chi connectivity index (χ4v) is 2.05. The van der Waals surface area contributed by atoms with Crippen molar-refractivity contribution in [1.29, 1.82) is 0 Å². The molecule has 0 radical (unpaired) electrons. The fourth-order valence-electron chi connectivity index (χ4n) is 2.05. The highest BCUT2D eigenvalue weighted by Gasteiger charge is 2.32. The largest absolute Gasteiger partial charge is 0.433 e. The molecule has 0 saturated carbocycles. The number of rotatable bonds is 5. The molecule has 8 heteroatoms. The molecule has 1 amide bonds. The van der Waals surface area contributed by atoms with Crippen LogP contribution in [-0.2, 0) is 17.5 Å². The molecule has 2 rings (SSSR count). The molecule has 1 heterocycles. The maximum absolute atomic E-state index is 12.7. The topological polar surface area (TPSA) is 72.1 Å². The molecule has 0 bridgehead atoms. The zero-order chi connectivity index (χ0) is 17.0. The number of carbonyl (C=O) groups is 1. The van der Waals surface area contributed by atoms with Crippen LogP contribution in [0.2, 0.25) is 0 Å². The first-order valence-corrected chi connectivity index (χ1v) is 6.72. The van der Waals surface area contributed by atoms with Gasteiger partial charge in [0.2, 0.25) is 5.91 Å². The van der Waals surface area contributed by atoms with Crippen molar-refractivity contribution in [2.75, 3.05) is 13.6 Å². The van der Waals surface area contributed by atoms with E-state index >= 15 is 0 Å². The van der Waals surface area contributed by atoms with Crippen LogP contribution in [0.5, 0.6) is 0 Å². The van der Waals surface area contributed by atoms with Gasteiger partial charge in [0.25, 0.3) is 0 Å². The lowest BCUT2D eigenvalue weighted by Crippen LogP contribution is -2.30. The van der Waals surface area contributed by atoms with Crippen LogP contribution in [0.15, 0.2) is 36.5 Å². The van der Waals surface area contributed by atoms with Gasteiger partial charge in [0.05, 0.1) is 6.54 Å². The summed E-state index contributed by atoms with van der Waals surface area (Å²) in [6, 6.07) is 7.61. The smallest absolute Gasteiger partial charge is 0.369 e. The molecule has 0 spiro atoms. The number of hydrogen-bond acceptors (Lipinski definition) is 4. The van der Waals surface area contributed by atoms with E-state index in [1.165, 1.54) is 0 Å². The second-order valence-corrected chi connectivity index (χ2v) is 5.10. The van der Waals surface area contributed by atoms with Crippen molar-refractivity contribution in [3.63, 3.8) is 0 Å². The number of nitrogens with two attached hydrogens (primary N) is 1. The molecule has 1 aromatic heterocycles. The van der Waals surface area contributed by atoms with Crippen LogP contribution in [0.3, 0.4) is 0 Å². The SMILES string of the molecule is CN(CC(N)=O)Cc1ccc(-c2nccc(C(F)(F)F)n2)cc1. The van der Waals surface area contributed by atoms with Crippen molar-refractivity contribution in [1.82, 2.24) is 14.9 Å². The van der Waals surface area contributed by atoms with Gasteiger partial charge in [-0.2, -0.15) is 13.2 Å². The fraction of sp³-hybridized carbons (Fsp3) is 0.267. The van der Waals surface area contributed by atoms with E-state index in [0.717, 1.165) is 17.8 Å². The summed E-state index contributed by atoms with van der Waals surface area (Å²) in [5.41, 5.74) is 5.51. The van der Waals surface area contributed by atoms with E-state index in [9.17, 15) is 18.0 Å². The molecule has 5 nitrogen and oxygen atoms in total. The summed E-state index contributed by atoms with van der Waals surface area (Å²) in [6.45, 7) is 0.616. The number of hydrogen-bond donors (Lipinski definition) is 1. The van der Waals surface area contributed by atoms with Gasteiger partial charge in [-0.3, -0.25) is 9.69 Å². The molecule has 0 saturated heterocycles. The number of primary amides is 1. The van der Waals surface area contributed by atoms with Gasteiger partial charge in [-0.05, 0) is 18.7 Å². The highest BCUT2D eigenvalue weighted by Crippen LogP contribution is 2.28. The maximum atomic E-state index is 12.7. The van der Waals surface area contributed by atoms with Gasteiger partial charge in [0, 0.05) is 18.3 Å². The summed E-state index contributed by atoms with van der Waals surface area (Å²) in [6.07, 6.45) is -3.42. The molecule has 23 heavy (non-hydrogen) atoms. The van der Waals surface area contributed by atoms with E-state index in [4.69, 9.17) is 5.73 Å². The molecule has 0 aliphatic rings. The van der Waals surface area contributed by atoms with Crippen molar-refractivity contribution in [2.45, 2.75) is 12.7 Å². The number of carbonyl (C=O) groups excluding carboxylic acids is 1. The molecule has 0 unspecified atom stereocenters. The Morgan fingerprint density at radius 3 is 2.43 bits per heavy atom. The Balaban J connectivity index is 2.15. The van der Waals surface area contributed by atoms with Gasteiger partial charge in [-0.1, -0.05) is 24.3 Å². The first kappa shape index (κ1) is 16.9. The van der Waals surface area contributed by atoms with Gasteiger partial charge in [-0.15, -0.1) is 0 Å². The lowest BCUT2D eigenvalue weighted by molar-refractivity contribution is -0.141. The Morgan fingerprint density at radius 1 is 1.22 bits per heavy atom. The Kier molecular flexibility index (Phi) is 4.95. The van der Waals surface area contributed by atoms with Crippen molar-refractivity contribution in [2.24, 2.45) is 5.73 Å². The zero-order valence-corrected chi connectivity index (χ0v) is 12.3. The van der Waals surface area contributed by atoms with Crippen LogP contribution >= 0.6 is 0 Å². The second kappa shape index (κ2) is 6.74. The lowest BCUT2D eigenvalue weighted by atomic mass is 10.1. The number of nitrogens with zero attached hydrogens (tertiary/aromatic N) is 3. The minimum Gasteiger partial charge on any atom is -0.369 e. The third-order valence-corrected chi connectivity index (χ3v) is 3.04. The molecule has 0 atom stereocenters. The number of amides is 1. The third-order valence-electron chi connectivity index (χ3n) is 3.04. The Bertz CT molecular complexity index is 686. The van der Waals surface area contributed by atoms with Crippen LogP contribution in [0.25, 0.3) is 11.4 Å². The molecule has 2 N–H and O–H groups in total. The minimum atomic E-state index is -4.50. The number of halogens is 3. The molecular formula is C15H15F3N4O. The average molecular weight is 324 g/mol. The first-order valence-electron chi connectivity index (χ1n) is 6.72. The predicted molar refractivity (Wildman–Crippen MR) is 78.0 cm³/mol. The van der Waals surface area contributed by atoms with Gasteiger partial charge in [0.15, 0.2) is 5.82 Å². The van der Waals surface area contributed by atoms with Crippen LogP contribution in [0.4, 0.5) is 13.2 Å². The van der Waals surface area contributed by atoms with Crippen LogP contribution < -0.4 is 5.73 Å². The number of alkyl halides is 3.